The maximum Gasteiger partial charge on any atom is 0.492 e. The van der Waals surface area contributed by atoms with Gasteiger partial charge >= 0.3 is 20.9 Å². The third-order valence-corrected chi connectivity index (χ3v) is 8.13. The molecule has 0 spiro atoms. The second-order valence-electron chi connectivity index (χ2n) is 11.6. The lowest BCUT2D eigenvalue weighted by molar-refractivity contribution is -0.197. The summed E-state index contributed by atoms with van der Waals surface area (Å²) in [7, 11) is -2.54. The summed E-state index contributed by atoms with van der Waals surface area (Å²) in [5, 5.41) is 6.22. The Kier molecular flexibility index (Phi) is 24.4. The second kappa shape index (κ2) is 28.2. The van der Waals surface area contributed by atoms with Crippen molar-refractivity contribution >= 4 is 38.4 Å². The van der Waals surface area contributed by atoms with Gasteiger partial charge in [0, 0.05) is 44.6 Å². The molecule has 2 rings (SSSR count). The van der Waals surface area contributed by atoms with Crippen LogP contribution in [-0.4, -0.2) is 158 Å². The van der Waals surface area contributed by atoms with Gasteiger partial charge in [-0.05, 0) is 37.0 Å². The first kappa shape index (κ1) is 45.9. The Labute approximate surface area is 310 Å². The van der Waals surface area contributed by atoms with Gasteiger partial charge < -0.3 is 67.8 Å². The normalized spacial score (nSPS) is 13.7. The number of hydroxylamine groups is 2. The summed E-state index contributed by atoms with van der Waals surface area (Å²) < 4.78 is 43.3. The van der Waals surface area contributed by atoms with Crippen molar-refractivity contribution < 1.29 is 76.3 Å². The summed E-state index contributed by atoms with van der Waals surface area (Å²) >= 11 is 0. The van der Waals surface area contributed by atoms with Crippen molar-refractivity contribution in [3.63, 3.8) is 0 Å². The first-order valence-electron chi connectivity index (χ1n) is 17.6. The van der Waals surface area contributed by atoms with Crippen molar-refractivity contribution in [3.8, 4) is 0 Å². The van der Waals surface area contributed by atoms with Crippen LogP contribution in [0.15, 0.2) is 24.3 Å². The van der Waals surface area contributed by atoms with Crippen LogP contribution in [0.2, 0.25) is 6.04 Å². The number of anilines is 1. The molecule has 53 heavy (non-hydrogen) atoms. The van der Waals surface area contributed by atoms with E-state index < -0.39 is 38.9 Å². The van der Waals surface area contributed by atoms with Crippen molar-refractivity contribution in [2.24, 2.45) is 0 Å². The van der Waals surface area contributed by atoms with Gasteiger partial charge in [-0.25, -0.2) is 9.59 Å². The minimum atomic E-state index is -4.15. The van der Waals surface area contributed by atoms with Gasteiger partial charge in [0.1, 0.15) is 6.61 Å². The maximum absolute atomic E-state index is 12.1. The molecule has 1 saturated heterocycles. The number of methoxy groups -OCH3 is 1. The monoisotopic (exact) mass is 777 g/mol. The molecular formula is C33H55N3O16Si. The van der Waals surface area contributed by atoms with E-state index in [-0.39, 0.29) is 64.7 Å². The number of ether oxygens (including phenoxy) is 8. The van der Waals surface area contributed by atoms with Crippen molar-refractivity contribution in [1.82, 2.24) is 10.4 Å². The molecule has 302 valence electrons. The predicted molar refractivity (Wildman–Crippen MR) is 187 cm³/mol. The number of hydrogen-bond acceptors (Lipinski definition) is 17. The highest BCUT2D eigenvalue weighted by molar-refractivity contribution is 6.56. The lowest BCUT2D eigenvalue weighted by atomic mass is 10.1. The number of hydrogen-bond donors (Lipinski definition) is 5. The zero-order valence-electron chi connectivity index (χ0n) is 30.3. The topological polar surface area (TPSA) is 239 Å². The molecule has 0 radical (unpaired) electrons. The number of alkyl carbamates (subject to hydrolysis) is 1. The average Bonchev–Trinajstić information content (AvgIpc) is 3.44. The summed E-state index contributed by atoms with van der Waals surface area (Å²) in [5.74, 6) is -1.68. The Balaban J connectivity index is 1.68. The van der Waals surface area contributed by atoms with E-state index in [4.69, 9.17) is 57.1 Å². The number of carbonyl (C=O) groups excluding carboxylic acids is 4. The van der Waals surface area contributed by atoms with E-state index >= 15 is 0 Å². The molecule has 1 aromatic carbocycles. The first-order chi connectivity index (χ1) is 25.6. The Morgan fingerprint density at radius 2 is 1.34 bits per heavy atom. The fourth-order valence-electron chi connectivity index (χ4n) is 4.43. The van der Waals surface area contributed by atoms with Gasteiger partial charge in [0.2, 0.25) is 0 Å². The van der Waals surface area contributed by atoms with Crippen molar-refractivity contribution in [1.29, 1.82) is 0 Å². The van der Waals surface area contributed by atoms with Crippen molar-refractivity contribution in [2.75, 3.05) is 105 Å². The Morgan fingerprint density at radius 1 is 0.774 bits per heavy atom. The number of imide groups is 1. The molecule has 0 aromatic heterocycles. The van der Waals surface area contributed by atoms with E-state index in [9.17, 15) is 19.2 Å². The van der Waals surface area contributed by atoms with Crippen LogP contribution in [-0.2, 0) is 63.5 Å². The molecule has 0 bridgehead atoms. The molecule has 0 aliphatic carbocycles. The van der Waals surface area contributed by atoms with E-state index in [1.165, 1.54) is 0 Å². The SMILES string of the molecule is COCCOCCOCCOCCOCCOCC(Nc1ccc(CCCC(=O)ON2C(=O)CCC2=O)cc1)OCCOC(=O)NCCC[Si](O)(O)O. The van der Waals surface area contributed by atoms with Gasteiger partial charge in [0.25, 0.3) is 11.8 Å². The van der Waals surface area contributed by atoms with Gasteiger partial charge in [0.05, 0.1) is 79.3 Å². The standard InChI is InChI=1S/C33H55N3O16Si/c1-44-13-14-45-15-16-46-17-18-47-19-20-48-21-22-49-26-29(50-23-24-51-33(40)34-12-3-25-53(41,42)43)35-28-8-6-27(7-9-28)4-2-5-32(39)52-36-30(37)10-11-31(36)38/h6-9,29,35,41-43H,2-5,10-26H2,1H3,(H,34,40). The summed E-state index contributed by atoms with van der Waals surface area (Å²) in [6.07, 6.45) is -0.0189. The van der Waals surface area contributed by atoms with Gasteiger partial charge in [-0.15, -0.1) is 5.06 Å². The van der Waals surface area contributed by atoms with E-state index in [2.05, 4.69) is 10.6 Å². The Bertz CT molecular complexity index is 1160. The maximum atomic E-state index is 12.1. The fourth-order valence-corrected chi connectivity index (χ4v) is 5.08. The number of aryl methyl sites for hydroxylation is 1. The highest BCUT2D eigenvalue weighted by atomic mass is 28.4. The van der Waals surface area contributed by atoms with Crippen LogP contribution in [0.5, 0.6) is 0 Å². The molecule has 1 heterocycles. The van der Waals surface area contributed by atoms with Gasteiger partial charge in [-0.3, -0.25) is 9.59 Å². The third kappa shape index (κ3) is 23.9. The molecule has 1 unspecified atom stereocenters. The van der Waals surface area contributed by atoms with E-state index in [1.54, 1.807) is 7.11 Å². The van der Waals surface area contributed by atoms with E-state index in [0.717, 1.165) is 11.3 Å². The highest BCUT2D eigenvalue weighted by Crippen LogP contribution is 2.16. The zero-order valence-corrected chi connectivity index (χ0v) is 31.3. The molecule has 1 atom stereocenters. The van der Waals surface area contributed by atoms with E-state index in [1.807, 2.05) is 24.3 Å². The summed E-state index contributed by atoms with van der Waals surface area (Å²) in [6.45, 7) is 4.56. The van der Waals surface area contributed by atoms with E-state index in [0.29, 0.717) is 77.4 Å². The number of carbonyl (C=O) groups is 4. The number of amides is 3. The van der Waals surface area contributed by atoms with Crippen LogP contribution >= 0.6 is 0 Å². The average molecular weight is 778 g/mol. The Hall–Kier alpha value is -3.28. The van der Waals surface area contributed by atoms with Gasteiger partial charge in [-0.2, -0.15) is 0 Å². The molecule has 19 nitrogen and oxygen atoms in total. The minimum Gasteiger partial charge on any atom is -0.447 e. The van der Waals surface area contributed by atoms with Crippen molar-refractivity contribution in [2.45, 2.75) is 50.8 Å². The molecule has 1 fully saturated rings. The van der Waals surface area contributed by atoms with Crippen LogP contribution in [0.25, 0.3) is 0 Å². The number of benzene rings is 1. The van der Waals surface area contributed by atoms with Gasteiger partial charge in [0.15, 0.2) is 6.23 Å². The smallest absolute Gasteiger partial charge is 0.447 e. The van der Waals surface area contributed by atoms with Crippen molar-refractivity contribution in [3.05, 3.63) is 29.8 Å². The van der Waals surface area contributed by atoms with Crippen LogP contribution in [0, 0.1) is 0 Å². The number of rotatable bonds is 32. The quantitative estimate of drug-likeness (QED) is 0.0283. The molecule has 20 heteroatoms. The summed E-state index contributed by atoms with van der Waals surface area (Å²) in [4.78, 5) is 79.2. The fraction of sp³-hybridized carbons (Fsp3) is 0.697. The Morgan fingerprint density at radius 3 is 1.91 bits per heavy atom. The predicted octanol–water partition coefficient (Wildman–Crippen LogP) is 0.133. The molecule has 3 amide bonds. The van der Waals surface area contributed by atoms with Crippen LogP contribution < -0.4 is 10.6 Å². The molecule has 5 N–H and O–H groups in total. The summed E-state index contributed by atoms with van der Waals surface area (Å²) in [5.41, 5.74) is 1.67. The highest BCUT2D eigenvalue weighted by Gasteiger charge is 2.32. The largest absolute Gasteiger partial charge is 0.492 e. The third-order valence-electron chi connectivity index (χ3n) is 7.11. The number of nitrogens with zero attached hydrogens (tertiary/aromatic N) is 1. The lowest BCUT2D eigenvalue weighted by Gasteiger charge is -2.21. The molecule has 1 aliphatic heterocycles. The second-order valence-corrected chi connectivity index (χ2v) is 13.6. The van der Waals surface area contributed by atoms with Crippen LogP contribution in [0.4, 0.5) is 10.5 Å². The molecule has 1 aromatic rings. The summed E-state index contributed by atoms with van der Waals surface area (Å²) in [6, 6.07) is 7.23. The minimum absolute atomic E-state index is 0.0373. The molecule has 1 aliphatic rings. The van der Waals surface area contributed by atoms with Gasteiger partial charge in [-0.1, -0.05) is 12.1 Å². The first-order valence-corrected chi connectivity index (χ1v) is 19.6. The number of nitrogens with one attached hydrogen (secondary N) is 2. The zero-order chi connectivity index (χ0) is 38.6. The lowest BCUT2D eigenvalue weighted by Crippen LogP contribution is -2.36. The molecule has 0 saturated carbocycles. The molecular weight excluding hydrogens is 722 g/mol. The van der Waals surface area contributed by atoms with Crippen LogP contribution in [0.1, 0.15) is 37.7 Å². The van der Waals surface area contributed by atoms with Crippen LogP contribution in [0.3, 0.4) is 0 Å².